The highest BCUT2D eigenvalue weighted by molar-refractivity contribution is 6.10. The van der Waals surface area contributed by atoms with Gasteiger partial charge in [0, 0.05) is 36.0 Å². The van der Waals surface area contributed by atoms with Crippen molar-refractivity contribution in [3.63, 3.8) is 0 Å². The van der Waals surface area contributed by atoms with E-state index in [2.05, 4.69) is 15.6 Å². The summed E-state index contributed by atoms with van der Waals surface area (Å²) in [6.07, 6.45) is 2.30. The van der Waals surface area contributed by atoms with Crippen LogP contribution in [0.2, 0.25) is 0 Å². The summed E-state index contributed by atoms with van der Waals surface area (Å²) in [6.45, 7) is 2.99. The Bertz CT molecular complexity index is 1250. The summed E-state index contributed by atoms with van der Waals surface area (Å²) >= 11 is 0. The van der Waals surface area contributed by atoms with Gasteiger partial charge in [-0.15, -0.1) is 0 Å². The van der Waals surface area contributed by atoms with Crippen LogP contribution in [0.4, 0.5) is 16.0 Å². The fourth-order valence-corrected chi connectivity index (χ4v) is 4.67. The number of hydrogen-bond acceptors (Lipinski definition) is 7. The largest absolute Gasteiger partial charge is 0.496 e. The molecule has 4 heterocycles. The Morgan fingerprint density at radius 1 is 1.32 bits per heavy atom. The van der Waals surface area contributed by atoms with Gasteiger partial charge in [-0.2, -0.15) is 0 Å². The maximum atomic E-state index is 14.8. The lowest BCUT2D eigenvalue weighted by Crippen LogP contribution is -2.26. The van der Waals surface area contributed by atoms with E-state index in [0.717, 1.165) is 18.5 Å². The van der Waals surface area contributed by atoms with Gasteiger partial charge in [-0.05, 0) is 49.2 Å². The molecule has 8 nitrogen and oxygen atoms in total. The third-order valence-electron chi connectivity index (χ3n) is 6.31. The normalized spacial score (nSPS) is 19.4. The van der Waals surface area contributed by atoms with E-state index in [-0.39, 0.29) is 36.7 Å². The predicted molar refractivity (Wildman–Crippen MR) is 127 cm³/mol. The van der Waals surface area contributed by atoms with Crippen LogP contribution in [-0.2, 0) is 6.54 Å². The Labute approximate surface area is 196 Å². The molecule has 0 unspecified atom stereocenters. The van der Waals surface area contributed by atoms with E-state index in [0.29, 0.717) is 34.2 Å². The monoisotopic (exact) mass is 463 g/mol. The quantitative estimate of drug-likeness (QED) is 0.517. The first-order valence-corrected chi connectivity index (χ1v) is 11.2. The molecule has 3 aromatic rings. The zero-order valence-corrected chi connectivity index (χ0v) is 19.0. The Hall–Kier alpha value is -3.56. The summed E-state index contributed by atoms with van der Waals surface area (Å²) in [4.78, 5) is 24.0. The lowest BCUT2D eigenvalue weighted by atomic mass is 10.0. The standard InChI is InChI=1S/C25H26FN5O3/c1-14-8-21(29-15-10-16(13-32)28-11-15)30-22(9-14)31-12-18-17(25(31)33)6-7-27-24(18)23-19(26)4-3-5-20(23)34-2/h3-9,15-16,28,32H,10-13H2,1-2H3,(H,29,30)/t15-,16+/m0/s1. The topological polar surface area (TPSA) is 99.6 Å². The minimum atomic E-state index is -0.460. The summed E-state index contributed by atoms with van der Waals surface area (Å²) in [5.41, 5.74) is 2.69. The average molecular weight is 464 g/mol. The van der Waals surface area contributed by atoms with E-state index in [1.165, 1.54) is 19.4 Å². The van der Waals surface area contributed by atoms with Crippen molar-refractivity contribution in [2.45, 2.75) is 32.0 Å². The minimum absolute atomic E-state index is 0.0673. The van der Waals surface area contributed by atoms with Crippen molar-refractivity contribution >= 4 is 17.5 Å². The zero-order chi connectivity index (χ0) is 23.8. The minimum Gasteiger partial charge on any atom is -0.496 e. The Morgan fingerprint density at radius 3 is 2.94 bits per heavy atom. The highest BCUT2D eigenvalue weighted by Crippen LogP contribution is 2.38. The second-order valence-corrected chi connectivity index (χ2v) is 8.65. The number of anilines is 2. The van der Waals surface area contributed by atoms with E-state index in [9.17, 15) is 14.3 Å². The van der Waals surface area contributed by atoms with Crippen molar-refractivity contribution in [3.05, 3.63) is 65.1 Å². The van der Waals surface area contributed by atoms with Crippen LogP contribution in [0.15, 0.2) is 42.6 Å². The van der Waals surface area contributed by atoms with Gasteiger partial charge < -0.3 is 20.5 Å². The molecule has 2 aromatic heterocycles. The second kappa shape index (κ2) is 9.00. The number of aromatic nitrogens is 2. The number of ether oxygens (including phenoxy) is 1. The second-order valence-electron chi connectivity index (χ2n) is 8.65. The van der Waals surface area contributed by atoms with Gasteiger partial charge in [0.05, 0.1) is 31.5 Å². The fourth-order valence-electron chi connectivity index (χ4n) is 4.67. The van der Waals surface area contributed by atoms with Gasteiger partial charge in [0.15, 0.2) is 0 Å². The molecule has 0 aliphatic carbocycles. The van der Waals surface area contributed by atoms with Gasteiger partial charge in [-0.1, -0.05) is 6.07 Å². The first-order valence-electron chi connectivity index (χ1n) is 11.2. The van der Waals surface area contributed by atoms with Crippen LogP contribution in [0.1, 0.15) is 27.9 Å². The summed E-state index contributed by atoms with van der Waals surface area (Å²) in [5.74, 6) is 0.870. The summed E-state index contributed by atoms with van der Waals surface area (Å²) < 4.78 is 20.2. The molecule has 0 bridgehead atoms. The van der Waals surface area contributed by atoms with Gasteiger partial charge in [0.25, 0.3) is 5.91 Å². The molecule has 2 aliphatic rings. The van der Waals surface area contributed by atoms with E-state index in [1.807, 2.05) is 19.1 Å². The van der Waals surface area contributed by atoms with E-state index in [1.54, 1.807) is 23.1 Å². The van der Waals surface area contributed by atoms with Crippen molar-refractivity contribution in [1.29, 1.82) is 0 Å². The van der Waals surface area contributed by atoms with Gasteiger partial charge in [-0.3, -0.25) is 14.7 Å². The third kappa shape index (κ3) is 3.97. The average Bonchev–Trinajstić information content (AvgIpc) is 3.42. The van der Waals surface area contributed by atoms with E-state index in [4.69, 9.17) is 9.72 Å². The third-order valence-corrected chi connectivity index (χ3v) is 6.31. The number of pyridine rings is 2. The molecule has 176 valence electrons. The lowest BCUT2D eigenvalue weighted by Gasteiger charge is -2.19. The molecular weight excluding hydrogens is 437 g/mol. The SMILES string of the molecule is COc1cccc(F)c1-c1nccc2c1CN(c1cc(C)cc(N[C@@H]3CN[C@@H](CO)C3)n1)C2=O. The molecule has 0 spiro atoms. The van der Waals surface area contributed by atoms with Crippen LogP contribution in [0.5, 0.6) is 5.75 Å². The van der Waals surface area contributed by atoms with Crippen LogP contribution in [0.25, 0.3) is 11.3 Å². The highest BCUT2D eigenvalue weighted by atomic mass is 19.1. The van der Waals surface area contributed by atoms with Crippen LogP contribution in [-0.4, -0.2) is 53.3 Å². The maximum absolute atomic E-state index is 14.8. The molecule has 3 N–H and O–H groups in total. The summed E-state index contributed by atoms with van der Waals surface area (Å²) in [6, 6.07) is 10.2. The van der Waals surface area contributed by atoms with E-state index >= 15 is 0 Å². The molecule has 34 heavy (non-hydrogen) atoms. The number of aryl methyl sites for hydroxylation is 1. The number of carbonyl (C=O) groups excluding carboxylic acids is 1. The lowest BCUT2D eigenvalue weighted by molar-refractivity contribution is 0.0996. The molecule has 2 aliphatic heterocycles. The number of hydrogen-bond donors (Lipinski definition) is 3. The number of nitrogens with one attached hydrogen (secondary N) is 2. The molecule has 1 saturated heterocycles. The number of halogens is 1. The van der Waals surface area contributed by atoms with Crippen molar-refractivity contribution in [1.82, 2.24) is 15.3 Å². The van der Waals surface area contributed by atoms with Gasteiger partial charge in [0.2, 0.25) is 0 Å². The van der Waals surface area contributed by atoms with Gasteiger partial charge >= 0.3 is 0 Å². The van der Waals surface area contributed by atoms with E-state index < -0.39 is 5.82 Å². The van der Waals surface area contributed by atoms with Crippen LogP contribution >= 0.6 is 0 Å². The first-order chi connectivity index (χ1) is 16.5. The van der Waals surface area contributed by atoms with Crippen molar-refractivity contribution < 1.29 is 19.0 Å². The van der Waals surface area contributed by atoms with Crippen LogP contribution in [0, 0.1) is 12.7 Å². The fraction of sp³-hybridized carbons (Fsp3) is 0.320. The number of aliphatic hydroxyl groups excluding tert-OH is 1. The number of aliphatic hydroxyl groups is 1. The van der Waals surface area contributed by atoms with Gasteiger partial charge in [0.1, 0.15) is 23.2 Å². The number of amides is 1. The number of benzene rings is 1. The highest BCUT2D eigenvalue weighted by Gasteiger charge is 2.34. The Kier molecular flexibility index (Phi) is 5.89. The maximum Gasteiger partial charge on any atom is 0.260 e. The molecule has 0 radical (unpaired) electrons. The first kappa shape index (κ1) is 22.2. The van der Waals surface area contributed by atoms with Crippen molar-refractivity contribution in [2.75, 3.05) is 30.5 Å². The predicted octanol–water partition coefficient (Wildman–Crippen LogP) is 2.89. The molecule has 1 aromatic carbocycles. The number of rotatable bonds is 6. The van der Waals surface area contributed by atoms with Crippen LogP contribution in [0.3, 0.4) is 0 Å². The summed E-state index contributed by atoms with van der Waals surface area (Å²) in [7, 11) is 1.48. The smallest absolute Gasteiger partial charge is 0.260 e. The van der Waals surface area contributed by atoms with Gasteiger partial charge in [-0.25, -0.2) is 9.37 Å². The number of nitrogens with zero attached hydrogens (tertiary/aromatic N) is 3. The molecule has 2 atom stereocenters. The molecule has 1 fully saturated rings. The molecule has 9 heteroatoms. The zero-order valence-electron chi connectivity index (χ0n) is 19.0. The van der Waals surface area contributed by atoms with Crippen molar-refractivity contribution in [3.8, 4) is 17.0 Å². The summed E-state index contributed by atoms with van der Waals surface area (Å²) in [5, 5.41) is 16.0. The molecular formula is C25H26FN5O3. The Morgan fingerprint density at radius 2 is 2.18 bits per heavy atom. The van der Waals surface area contributed by atoms with Crippen molar-refractivity contribution in [2.24, 2.45) is 0 Å². The number of fused-ring (bicyclic) bond motifs is 1. The Balaban J connectivity index is 1.47. The molecule has 5 rings (SSSR count). The number of carbonyl (C=O) groups is 1. The molecule has 0 saturated carbocycles. The van der Waals surface area contributed by atoms with Crippen LogP contribution < -0.4 is 20.3 Å². The molecule has 1 amide bonds. The number of methoxy groups -OCH3 is 1.